The highest BCUT2D eigenvalue weighted by Gasteiger charge is 2.05. The number of anilines is 1. The molecule has 2 aromatic rings. The number of nitrogens with one attached hydrogen (secondary N) is 1. The summed E-state index contributed by atoms with van der Waals surface area (Å²) in [7, 11) is 1.74. The summed E-state index contributed by atoms with van der Waals surface area (Å²) in [6.07, 6.45) is 1.41. The van der Waals surface area contributed by atoms with Gasteiger partial charge in [-0.05, 0) is 18.2 Å². The van der Waals surface area contributed by atoms with Gasteiger partial charge in [-0.3, -0.25) is 0 Å². The Morgan fingerprint density at radius 3 is 2.65 bits per heavy atom. The molecule has 6 heteroatoms. The third-order valence-electron chi connectivity index (χ3n) is 2.01. The Labute approximate surface area is 101 Å². The fourth-order valence-corrected chi connectivity index (χ4v) is 2.00. The van der Waals surface area contributed by atoms with Gasteiger partial charge in [0.05, 0.1) is 0 Å². The van der Waals surface area contributed by atoms with Crippen molar-refractivity contribution >= 4 is 17.6 Å². The van der Waals surface area contributed by atoms with Crippen LogP contribution < -0.4 is 5.32 Å². The molecule has 0 amide bonds. The van der Waals surface area contributed by atoms with Crippen molar-refractivity contribution in [3.63, 3.8) is 0 Å². The van der Waals surface area contributed by atoms with Crippen molar-refractivity contribution in [1.29, 1.82) is 0 Å². The molecule has 0 aliphatic rings. The van der Waals surface area contributed by atoms with Crippen LogP contribution in [0.1, 0.15) is 0 Å². The SMILES string of the molecule is CNc1cc(Sc2ccc(F)c(F)c2)ncn1. The fourth-order valence-electron chi connectivity index (χ4n) is 1.19. The molecule has 1 aromatic heterocycles. The second kappa shape index (κ2) is 5.09. The molecule has 0 bridgehead atoms. The number of hydrogen-bond acceptors (Lipinski definition) is 4. The van der Waals surface area contributed by atoms with Gasteiger partial charge in [-0.2, -0.15) is 0 Å². The highest BCUT2D eigenvalue weighted by molar-refractivity contribution is 7.99. The topological polar surface area (TPSA) is 37.8 Å². The molecule has 1 heterocycles. The highest BCUT2D eigenvalue weighted by Crippen LogP contribution is 2.27. The molecule has 0 unspecified atom stereocenters. The zero-order valence-corrected chi connectivity index (χ0v) is 9.76. The summed E-state index contributed by atoms with van der Waals surface area (Å²) in [6, 6.07) is 5.47. The van der Waals surface area contributed by atoms with E-state index in [9.17, 15) is 8.78 Å². The first kappa shape index (κ1) is 11.8. The molecular weight excluding hydrogens is 244 g/mol. The van der Waals surface area contributed by atoms with E-state index in [1.165, 1.54) is 24.2 Å². The minimum atomic E-state index is -0.863. The Hall–Kier alpha value is -1.69. The minimum absolute atomic E-state index is 0.588. The standard InChI is InChI=1S/C11H9F2N3S/c1-14-10-5-11(16-6-15-10)17-7-2-3-8(12)9(13)4-7/h2-6H,1H3,(H,14,15,16). The lowest BCUT2D eigenvalue weighted by molar-refractivity contribution is 0.506. The van der Waals surface area contributed by atoms with Crippen LogP contribution in [0.2, 0.25) is 0 Å². The molecule has 1 aromatic carbocycles. The molecule has 17 heavy (non-hydrogen) atoms. The van der Waals surface area contributed by atoms with Gasteiger partial charge in [-0.1, -0.05) is 11.8 Å². The molecule has 0 spiro atoms. The molecule has 88 valence electrons. The molecule has 0 aliphatic carbocycles. The Morgan fingerprint density at radius 2 is 1.94 bits per heavy atom. The number of halogens is 2. The lowest BCUT2D eigenvalue weighted by Crippen LogP contribution is -1.93. The van der Waals surface area contributed by atoms with Gasteiger partial charge in [0.15, 0.2) is 11.6 Å². The van der Waals surface area contributed by atoms with E-state index in [4.69, 9.17) is 0 Å². The number of nitrogens with zero attached hydrogens (tertiary/aromatic N) is 2. The maximum absolute atomic E-state index is 13.0. The molecule has 2 rings (SSSR count). The molecule has 0 saturated carbocycles. The second-order valence-corrected chi connectivity index (χ2v) is 4.26. The highest BCUT2D eigenvalue weighted by atomic mass is 32.2. The Kier molecular flexibility index (Phi) is 3.53. The van der Waals surface area contributed by atoms with Crippen LogP contribution in [0, 0.1) is 11.6 Å². The normalized spacial score (nSPS) is 10.3. The van der Waals surface area contributed by atoms with Crippen LogP contribution >= 0.6 is 11.8 Å². The van der Waals surface area contributed by atoms with E-state index >= 15 is 0 Å². The molecular formula is C11H9F2N3S. The first-order chi connectivity index (χ1) is 8.19. The van der Waals surface area contributed by atoms with Crippen LogP contribution in [0.3, 0.4) is 0 Å². The predicted molar refractivity (Wildman–Crippen MR) is 62.1 cm³/mol. The quantitative estimate of drug-likeness (QED) is 0.853. The van der Waals surface area contributed by atoms with Gasteiger partial charge in [0.25, 0.3) is 0 Å². The molecule has 0 aliphatic heterocycles. The summed E-state index contributed by atoms with van der Waals surface area (Å²) < 4.78 is 25.7. The van der Waals surface area contributed by atoms with E-state index in [1.807, 2.05) is 0 Å². The minimum Gasteiger partial charge on any atom is -0.373 e. The van der Waals surface area contributed by atoms with E-state index in [1.54, 1.807) is 13.1 Å². The van der Waals surface area contributed by atoms with Crippen molar-refractivity contribution in [1.82, 2.24) is 9.97 Å². The summed E-state index contributed by atoms with van der Waals surface area (Å²) >= 11 is 1.24. The van der Waals surface area contributed by atoms with Gasteiger partial charge in [0, 0.05) is 18.0 Å². The number of rotatable bonds is 3. The summed E-state index contributed by atoms with van der Waals surface area (Å²) in [5.74, 6) is -1.05. The van der Waals surface area contributed by atoms with Gasteiger partial charge in [-0.15, -0.1) is 0 Å². The third kappa shape index (κ3) is 2.91. The first-order valence-electron chi connectivity index (χ1n) is 4.82. The Balaban J connectivity index is 2.22. The van der Waals surface area contributed by atoms with Crippen molar-refractivity contribution in [2.75, 3.05) is 12.4 Å². The Bertz CT molecular complexity index is 534. The maximum Gasteiger partial charge on any atom is 0.159 e. The van der Waals surface area contributed by atoms with Crippen LogP contribution in [-0.2, 0) is 0 Å². The molecule has 0 radical (unpaired) electrons. The van der Waals surface area contributed by atoms with Gasteiger partial charge in [0.1, 0.15) is 17.2 Å². The van der Waals surface area contributed by atoms with Crippen molar-refractivity contribution in [2.45, 2.75) is 9.92 Å². The van der Waals surface area contributed by atoms with E-state index in [-0.39, 0.29) is 0 Å². The van der Waals surface area contributed by atoms with Crippen molar-refractivity contribution in [3.05, 3.63) is 42.2 Å². The van der Waals surface area contributed by atoms with E-state index in [0.29, 0.717) is 15.7 Å². The number of benzene rings is 1. The fraction of sp³-hybridized carbons (Fsp3) is 0.0909. The molecule has 0 saturated heterocycles. The largest absolute Gasteiger partial charge is 0.373 e. The molecule has 3 nitrogen and oxygen atoms in total. The monoisotopic (exact) mass is 253 g/mol. The van der Waals surface area contributed by atoms with E-state index in [0.717, 1.165) is 12.1 Å². The molecule has 0 atom stereocenters. The van der Waals surface area contributed by atoms with Gasteiger partial charge < -0.3 is 5.32 Å². The van der Waals surface area contributed by atoms with Gasteiger partial charge >= 0.3 is 0 Å². The number of hydrogen-bond donors (Lipinski definition) is 1. The van der Waals surface area contributed by atoms with Gasteiger partial charge in [-0.25, -0.2) is 18.7 Å². The number of aromatic nitrogens is 2. The predicted octanol–water partition coefficient (Wildman–Crippen LogP) is 2.95. The smallest absolute Gasteiger partial charge is 0.159 e. The summed E-state index contributed by atoms with van der Waals surface area (Å²) in [5.41, 5.74) is 0. The third-order valence-corrected chi connectivity index (χ3v) is 2.93. The zero-order valence-electron chi connectivity index (χ0n) is 8.95. The van der Waals surface area contributed by atoms with E-state index in [2.05, 4.69) is 15.3 Å². The molecule has 1 N–H and O–H groups in total. The van der Waals surface area contributed by atoms with Crippen LogP contribution in [0.4, 0.5) is 14.6 Å². The van der Waals surface area contributed by atoms with Crippen LogP contribution in [0.15, 0.2) is 40.5 Å². The first-order valence-corrected chi connectivity index (χ1v) is 5.63. The van der Waals surface area contributed by atoms with Crippen LogP contribution in [0.25, 0.3) is 0 Å². The zero-order chi connectivity index (χ0) is 12.3. The van der Waals surface area contributed by atoms with E-state index < -0.39 is 11.6 Å². The van der Waals surface area contributed by atoms with Crippen molar-refractivity contribution < 1.29 is 8.78 Å². The van der Waals surface area contributed by atoms with Gasteiger partial charge in [0.2, 0.25) is 0 Å². The van der Waals surface area contributed by atoms with Crippen LogP contribution in [0.5, 0.6) is 0 Å². The van der Waals surface area contributed by atoms with Crippen molar-refractivity contribution in [2.24, 2.45) is 0 Å². The van der Waals surface area contributed by atoms with Crippen molar-refractivity contribution in [3.8, 4) is 0 Å². The van der Waals surface area contributed by atoms with Crippen LogP contribution in [-0.4, -0.2) is 17.0 Å². The average Bonchev–Trinajstić information content (AvgIpc) is 2.34. The summed E-state index contributed by atoms with van der Waals surface area (Å²) in [4.78, 5) is 8.58. The Morgan fingerprint density at radius 1 is 1.12 bits per heavy atom. The lowest BCUT2D eigenvalue weighted by Gasteiger charge is -2.03. The lowest BCUT2D eigenvalue weighted by atomic mass is 10.3. The summed E-state index contributed by atoms with van der Waals surface area (Å²) in [5, 5.41) is 3.54. The summed E-state index contributed by atoms with van der Waals surface area (Å²) in [6.45, 7) is 0. The average molecular weight is 253 g/mol. The molecule has 0 fully saturated rings. The maximum atomic E-state index is 13.0. The second-order valence-electron chi connectivity index (χ2n) is 3.17.